The number of benzene rings is 14. The average molecular weight is 1890 g/mol. The summed E-state index contributed by atoms with van der Waals surface area (Å²) < 4.78 is 0. The number of aryl methyl sites for hydroxylation is 22. The van der Waals surface area contributed by atoms with Crippen LogP contribution in [0.4, 0.5) is 0 Å². The van der Waals surface area contributed by atoms with Gasteiger partial charge < -0.3 is 0 Å². The molecule has 14 aromatic carbocycles. The van der Waals surface area contributed by atoms with Crippen LogP contribution in [0.15, 0.2) is 261 Å². The molecule has 3 aliphatic rings. The Hall–Kier alpha value is -10.9. The van der Waals surface area contributed by atoms with Crippen molar-refractivity contribution in [2.45, 2.75) is 383 Å². The highest BCUT2D eigenvalue weighted by Gasteiger charge is 2.53. The average Bonchev–Trinajstić information content (AvgIpc) is 1.50. The summed E-state index contributed by atoms with van der Waals surface area (Å²) in [4.78, 5) is 0. The highest BCUT2D eigenvalue weighted by atomic mass is 14.5. The van der Waals surface area contributed by atoms with Crippen LogP contribution in [0.3, 0.4) is 0 Å². The molecular formula is C142H180. The normalized spacial score (nSPS) is 12.4. The maximum atomic E-state index is 2.56. The lowest BCUT2D eigenvalue weighted by atomic mass is 9.68. The molecule has 748 valence electrons. The monoisotopic (exact) mass is 1890 g/mol. The molecular weight excluding hydrogens is 1710 g/mol. The molecule has 0 saturated carbocycles. The van der Waals surface area contributed by atoms with Crippen LogP contribution in [0.25, 0.3) is 55.6 Å². The van der Waals surface area contributed by atoms with E-state index in [2.05, 4.69) is 462 Å². The fraction of sp³-hybridized carbons (Fsp3) is 0.408. The Bertz CT molecular complexity index is 6100. The van der Waals surface area contributed by atoms with Gasteiger partial charge in [0.05, 0.1) is 5.41 Å². The molecule has 142 heavy (non-hydrogen) atoms. The van der Waals surface area contributed by atoms with Crippen molar-refractivity contribution in [2.75, 3.05) is 0 Å². The largest absolute Gasteiger partial charge is 0.0725 e. The van der Waals surface area contributed by atoms with Gasteiger partial charge in [-0.25, -0.2) is 0 Å². The van der Waals surface area contributed by atoms with E-state index in [-0.39, 0.29) is 21.7 Å². The van der Waals surface area contributed by atoms with Crippen LogP contribution in [0, 0.1) is 118 Å². The second-order valence-corrected chi connectivity index (χ2v) is 45.1. The summed E-state index contributed by atoms with van der Waals surface area (Å²) in [6.07, 6.45) is 33.1. The predicted molar refractivity (Wildman–Crippen MR) is 627 cm³/mol. The first-order valence-corrected chi connectivity index (χ1v) is 55.2. The van der Waals surface area contributed by atoms with E-state index in [1.165, 1.54) is 372 Å². The lowest BCUT2D eigenvalue weighted by Crippen LogP contribution is -2.27. The molecule has 14 aromatic rings. The van der Waals surface area contributed by atoms with Crippen LogP contribution in [0.5, 0.6) is 0 Å². The molecule has 1 spiro atoms. The standard InChI is InChI=1S/C36H48.C35H36.C20H18.C20H34.C15H24.2C8H10/c1-8-10-12-14-16-29-22-30(17-15-13-11-9-2)24-31(23-29)36(7)34-20-27(5)25(3)18-32(34)33-19-26(4)28(6)21-35(33)36;1-21-9-13-25-26-14-10-22(2)18-30(26)35(29(25)17-21)31-19-23(33(3,4)5)11-15-27(31)28-16-12-24(20-32(28)35)34(6,7)8;1-15-13-20(18-11-7-4-8-12-18)16(2)14-19(15)17-9-5-3-6-10-17;1-5-7-9-11-13-19-15-18(4)20(16-17(19)3)14-12-10-8-6-2;1-5-6-7-8-9-15-11-13(3)12(2)10-14(15)4;1-7-3-5-8(2)6-4-7;1-7-4-3-5-8(2)6-7/h18-24H,8-17H2,1-7H3;9-20H,1-8H3;3-14H,1-2H3;15-16H,5-14H2,1-4H3;10-11H,5-9H2,1-4H3;2*3-6H,1-2H3. The topological polar surface area (TPSA) is 0 Å². The first-order valence-electron chi connectivity index (χ1n) is 55.2. The Morgan fingerprint density at radius 1 is 0.197 bits per heavy atom. The quantitative estimate of drug-likeness (QED) is 0.0429. The molecule has 17 rings (SSSR count). The number of unbranched alkanes of at least 4 members (excludes halogenated alkanes) is 15. The SMILES string of the molecule is CCCCCCc1cc(C)c(C)cc1C.CCCCCCc1cc(C)c(CCCCCC)cc1C.CCCCCCc1cc(CCCCCC)cc(C2(C)c3cc(C)c(C)cc3-c3cc(C)c(C)cc32)c1.Cc1cc(-c2ccccc2)c(C)cc1-c1ccccc1.Cc1ccc(C)cc1.Cc1ccc2c(c1)C1(c3cc(C)ccc3-2)c2cc(C(C)(C)C)ccc2-c2ccc(C(C)(C)C)cc21.Cc1cccc(C)c1. The third-order valence-corrected chi connectivity index (χ3v) is 31.0. The fourth-order valence-electron chi connectivity index (χ4n) is 21.7. The van der Waals surface area contributed by atoms with E-state index >= 15 is 0 Å². The molecule has 0 fully saturated rings. The van der Waals surface area contributed by atoms with Gasteiger partial charge >= 0.3 is 0 Å². The molecule has 0 amide bonds. The predicted octanol–water partition coefficient (Wildman–Crippen LogP) is 41.3. The van der Waals surface area contributed by atoms with Crippen molar-refractivity contribution in [3.63, 3.8) is 0 Å². The number of hydrogen-bond donors (Lipinski definition) is 0. The van der Waals surface area contributed by atoms with Crippen LogP contribution in [-0.2, 0) is 53.8 Å². The van der Waals surface area contributed by atoms with Crippen molar-refractivity contribution in [2.24, 2.45) is 0 Å². The molecule has 0 atom stereocenters. The van der Waals surface area contributed by atoms with Crippen molar-refractivity contribution in [1.29, 1.82) is 0 Å². The van der Waals surface area contributed by atoms with Crippen molar-refractivity contribution in [3.05, 3.63) is 433 Å². The van der Waals surface area contributed by atoms with Gasteiger partial charge in [0.25, 0.3) is 0 Å². The zero-order valence-corrected chi connectivity index (χ0v) is 94.0. The third-order valence-electron chi connectivity index (χ3n) is 31.0. The number of rotatable bonds is 28. The summed E-state index contributed by atoms with van der Waals surface area (Å²) in [6.45, 7) is 65.4. The van der Waals surface area contributed by atoms with Crippen LogP contribution >= 0.6 is 0 Å². The maximum absolute atomic E-state index is 2.56. The Kier molecular flexibility index (Phi) is 40.8. The van der Waals surface area contributed by atoms with E-state index in [9.17, 15) is 0 Å². The number of hydrogen-bond acceptors (Lipinski definition) is 0. The molecule has 3 aliphatic carbocycles. The molecule has 0 unspecified atom stereocenters. The Balaban J connectivity index is 0.000000168. The molecule has 0 N–H and O–H groups in total. The minimum absolute atomic E-state index is 0.0883. The van der Waals surface area contributed by atoms with E-state index in [0.717, 1.165) is 0 Å². The van der Waals surface area contributed by atoms with Gasteiger partial charge in [0, 0.05) is 5.41 Å². The van der Waals surface area contributed by atoms with Crippen LogP contribution in [0.2, 0.25) is 0 Å². The summed E-state index contributed by atoms with van der Waals surface area (Å²) in [5, 5.41) is 0. The van der Waals surface area contributed by atoms with Gasteiger partial charge in [0.1, 0.15) is 0 Å². The van der Waals surface area contributed by atoms with Crippen molar-refractivity contribution >= 4 is 0 Å². The van der Waals surface area contributed by atoms with Gasteiger partial charge in [-0.15, -0.1) is 0 Å². The molecule has 0 heterocycles. The molecule has 0 radical (unpaired) electrons. The molecule has 0 heteroatoms. The van der Waals surface area contributed by atoms with Crippen molar-refractivity contribution in [1.82, 2.24) is 0 Å². The highest BCUT2D eigenvalue weighted by molar-refractivity contribution is 5.96. The van der Waals surface area contributed by atoms with E-state index in [1.54, 1.807) is 16.7 Å². The van der Waals surface area contributed by atoms with Crippen molar-refractivity contribution in [3.8, 4) is 55.6 Å². The van der Waals surface area contributed by atoms with Gasteiger partial charge in [0.2, 0.25) is 0 Å². The van der Waals surface area contributed by atoms with E-state index in [4.69, 9.17) is 0 Å². The lowest BCUT2D eigenvalue weighted by molar-refractivity contribution is 0.586. The minimum Gasteiger partial charge on any atom is -0.0654 e. The molecule has 0 aromatic heterocycles. The van der Waals surface area contributed by atoms with Gasteiger partial charge in [-0.3, -0.25) is 0 Å². The van der Waals surface area contributed by atoms with Gasteiger partial charge in [-0.05, 0) is 394 Å². The summed E-state index contributed by atoms with van der Waals surface area (Å²) in [5.41, 5.74) is 57.8. The van der Waals surface area contributed by atoms with Gasteiger partial charge in [-0.1, -0.05) is 467 Å². The minimum atomic E-state index is -0.282. The van der Waals surface area contributed by atoms with Gasteiger partial charge in [0.15, 0.2) is 0 Å². The van der Waals surface area contributed by atoms with E-state index in [1.807, 2.05) is 0 Å². The molecule has 0 saturated heterocycles. The van der Waals surface area contributed by atoms with E-state index in [0.29, 0.717) is 0 Å². The van der Waals surface area contributed by atoms with Crippen LogP contribution in [0.1, 0.15) is 384 Å². The smallest absolute Gasteiger partial charge is 0.0654 e. The fourth-order valence-corrected chi connectivity index (χ4v) is 21.7. The van der Waals surface area contributed by atoms with Crippen molar-refractivity contribution < 1.29 is 0 Å². The molecule has 0 aliphatic heterocycles. The second kappa shape index (κ2) is 52.0. The van der Waals surface area contributed by atoms with E-state index < -0.39 is 0 Å². The third kappa shape index (κ3) is 28.4. The Morgan fingerprint density at radius 3 is 0.824 bits per heavy atom. The van der Waals surface area contributed by atoms with Crippen LogP contribution in [-0.4, -0.2) is 0 Å². The first-order chi connectivity index (χ1) is 67.9. The Morgan fingerprint density at radius 2 is 0.486 bits per heavy atom. The number of fused-ring (bicyclic) bond motifs is 13. The first kappa shape index (κ1) is 111. The lowest BCUT2D eigenvalue weighted by Gasteiger charge is -2.33. The summed E-state index contributed by atoms with van der Waals surface area (Å²) >= 11 is 0. The van der Waals surface area contributed by atoms with Gasteiger partial charge in [-0.2, -0.15) is 0 Å². The Labute approximate surface area is 865 Å². The summed E-state index contributed by atoms with van der Waals surface area (Å²) in [6, 6.07) is 98.5. The molecule has 0 bridgehead atoms. The highest BCUT2D eigenvalue weighted by Crippen LogP contribution is 2.64. The molecule has 0 nitrogen and oxygen atoms in total. The summed E-state index contributed by atoms with van der Waals surface area (Å²) in [5.74, 6) is 0. The maximum Gasteiger partial charge on any atom is 0.0725 e. The second-order valence-electron chi connectivity index (χ2n) is 45.1. The van der Waals surface area contributed by atoms with Crippen LogP contribution < -0.4 is 0 Å². The summed E-state index contributed by atoms with van der Waals surface area (Å²) in [7, 11) is 0. The zero-order chi connectivity index (χ0) is 103. The zero-order valence-electron chi connectivity index (χ0n) is 94.0.